The van der Waals surface area contributed by atoms with Gasteiger partial charge in [-0.3, -0.25) is 0 Å². The summed E-state index contributed by atoms with van der Waals surface area (Å²) in [4.78, 5) is 7.89. The number of nitrogens with one attached hydrogen (secondary N) is 1. The predicted octanol–water partition coefficient (Wildman–Crippen LogP) is 2.89. The van der Waals surface area contributed by atoms with E-state index in [4.69, 9.17) is 15.2 Å². The fourth-order valence-corrected chi connectivity index (χ4v) is 2.64. The van der Waals surface area contributed by atoms with Gasteiger partial charge in [0.05, 0.1) is 11.9 Å². The Hall–Kier alpha value is -2.01. The number of aromatic nitrogens is 2. The fraction of sp³-hybridized carbons (Fsp3) is 0.438. The lowest BCUT2D eigenvalue weighted by atomic mass is 9.97. The largest absolute Gasteiger partial charge is 0.454 e. The molecule has 2 aromatic rings. The molecule has 0 bridgehead atoms. The predicted molar refractivity (Wildman–Crippen MR) is 81.4 cm³/mol. The third-order valence-electron chi connectivity index (χ3n) is 3.71. The van der Waals surface area contributed by atoms with Gasteiger partial charge in [-0.15, -0.1) is 0 Å². The molecule has 112 valence electrons. The summed E-state index contributed by atoms with van der Waals surface area (Å²) >= 11 is 0. The lowest BCUT2D eigenvalue weighted by Crippen LogP contribution is -2.15. The molecule has 0 aliphatic carbocycles. The molecule has 1 aliphatic heterocycles. The number of imidazole rings is 1. The van der Waals surface area contributed by atoms with Crippen LogP contribution in [-0.4, -0.2) is 23.3 Å². The summed E-state index contributed by atoms with van der Waals surface area (Å²) in [6.07, 6.45) is 2.89. The first kappa shape index (κ1) is 13.9. The van der Waals surface area contributed by atoms with Crippen LogP contribution in [0.15, 0.2) is 24.4 Å². The summed E-state index contributed by atoms with van der Waals surface area (Å²) in [7, 11) is 0. The summed E-state index contributed by atoms with van der Waals surface area (Å²) in [6, 6.07) is 5.90. The van der Waals surface area contributed by atoms with Crippen LogP contribution in [0.3, 0.4) is 0 Å². The SMILES string of the molecule is CC(C)CC(CN)c1ncc(-c2ccc3c(c2)OCO3)[nH]1. The van der Waals surface area contributed by atoms with Gasteiger partial charge in [-0.05, 0) is 30.5 Å². The molecule has 5 heteroatoms. The van der Waals surface area contributed by atoms with Crippen LogP contribution in [0.4, 0.5) is 0 Å². The quantitative estimate of drug-likeness (QED) is 0.887. The van der Waals surface area contributed by atoms with Crippen molar-refractivity contribution in [1.82, 2.24) is 9.97 Å². The van der Waals surface area contributed by atoms with Crippen LogP contribution in [0.2, 0.25) is 0 Å². The van der Waals surface area contributed by atoms with E-state index in [1.54, 1.807) is 0 Å². The molecule has 1 unspecified atom stereocenters. The number of nitrogens with zero attached hydrogens (tertiary/aromatic N) is 1. The first-order valence-electron chi connectivity index (χ1n) is 7.32. The zero-order valence-electron chi connectivity index (χ0n) is 12.4. The molecular weight excluding hydrogens is 266 g/mol. The lowest BCUT2D eigenvalue weighted by molar-refractivity contribution is 0.174. The second-order valence-corrected chi connectivity index (χ2v) is 5.81. The van der Waals surface area contributed by atoms with Gasteiger partial charge in [0.1, 0.15) is 5.82 Å². The highest BCUT2D eigenvalue weighted by molar-refractivity contribution is 5.64. The van der Waals surface area contributed by atoms with Crippen LogP contribution in [0.25, 0.3) is 11.3 Å². The van der Waals surface area contributed by atoms with Gasteiger partial charge < -0.3 is 20.2 Å². The molecule has 3 N–H and O–H groups in total. The maximum Gasteiger partial charge on any atom is 0.231 e. The Morgan fingerprint density at radius 1 is 1.29 bits per heavy atom. The van der Waals surface area contributed by atoms with Crippen molar-refractivity contribution >= 4 is 0 Å². The molecule has 0 fully saturated rings. The first-order chi connectivity index (χ1) is 10.2. The van der Waals surface area contributed by atoms with Crippen LogP contribution >= 0.6 is 0 Å². The molecule has 0 saturated heterocycles. The average Bonchev–Trinajstić information content (AvgIpc) is 3.12. The molecule has 1 aromatic carbocycles. The van der Waals surface area contributed by atoms with E-state index in [-0.39, 0.29) is 12.7 Å². The topological polar surface area (TPSA) is 73.2 Å². The van der Waals surface area contributed by atoms with E-state index in [2.05, 4.69) is 23.8 Å². The minimum atomic E-state index is 0.271. The number of fused-ring (bicyclic) bond motifs is 1. The van der Waals surface area contributed by atoms with E-state index in [1.165, 1.54) is 0 Å². The molecule has 1 aliphatic rings. The van der Waals surface area contributed by atoms with Crippen LogP contribution in [0.1, 0.15) is 32.0 Å². The maximum atomic E-state index is 5.88. The van der Waals surface area contributed by atoms with E-state index in [9.17, 15) is 0 Å². The van der Waals surface area contributed by atoms with Crippen molar-refractivity contribution in [2.45, 2.75) is 26.2 Å². The number of nitrogens with two attached hydrogens (primary N) is 1. The smallest absolute Gasteiger partial charge is 0.231 e. The number of benzene rings is 1. The third-order valence-corrected chi connectivity index (χ3v) is 3.71. The van der Waals surface area contributed by atoms with Crippen molar-refractivity contribution in [3.05, 3.63) is 30.2 Å². The number of rotatable bonds is 5. The van der Waals surface area contributed by atoms with Crippen molar-refractivity contribution in [3.8, 4) is 22.8 Å². The minimum Gasteiger partial charge on any atom is -0.454 e. The maximum absolute atomic E-state index is 5.88. The summed E-state index contributed by atoms with van der Waals surface area (Å²) in [5.74, 6) is 3.39. The van der Waals surface area contributed by atoms with E-state index in [0.29, 0.717) is 12.5 Å². The van der Waals surface area contributed by atoms with Gasteiger partial charge in [-0.2, -0.15) is 0 Å². The lowest BCUT2D eigenvalue weighted by Gasteiger charge is -2.14. The number of ether oxygens (including phenoxy) is 2. The standard InChI is InChI=1S/C16H21N3O2/c1-10(2)5-12(7-17)16-18-8-13(19-16)11-3-4-14-15(6-11)21-9-20-14/h3-4,6,8,10,12H,5,7,9,17H2,1-2H3,(H,18,19). The van der Waals surface area contributed by atoms with E-state index < -0.39 is 0 Å². The Morgan fingerprint density at radius 2 is 2.10 bits per heavy atom. The highest BCUT2D eigenvalue weighted by atomic mass is 16.7. The molecule has 5 nitrogen and oxygen atoms in total. The molecule has 0 saturated carbocycles. The Bertz CT molecular complexity index is 622. The second kappa shape index (κ2) is 5.77. The van der Waals surface area contributed by atoms with Crippen LogP contribution < -0.4 is 15.2 Å². The normalized spacial score (nSPS) is 14.7. The third kappa shape index (κ3) is 2.88. The monoisotopic (exact) mass is 287 g/mol. The highest BCUT2D eigenvalue weighted by Crippen LogP contribution is 2.35. The van der Waals surface area contributed by atoms with E-state index >= 15 is 0 Å². The molecular formula is C16H21N3O2. The van der Waals surface area contributed by atoms with Crippen LogP contribution in [0.5, 0.6) is 11.5 Å². The van der Waals surface area contributed by atoms with Gasteiger partial charge in [-0.25, -0.2) is 4.98 Å². The van der Waals surface area contributed by atoms with Crippen LogP contribution in [-0.2, 0) is 0 Å². The van der Waals surface area contributed by atoms with Crippen molar-refractivity contribution < 1.29 is 9.47 Å². The summed E-state index contributed by atoms with van der Waals surface area (Å²) < 4.78 is 10.7. The number of aromatic amines is 1. The van der Waals surface area contributed by atoms with Gasteiger partial charge in [-0.1, -0.05) is 13.8 Å². The van der Waals surface area contributed by atoms with Crippen molar-refractivity contribution in [2.75, 3.05) is 13.3 Å². The second-order valence-electron chi connectivity index (χ2n) is 5.81. The molecule has 1 atom stereocenters. The molecule has 3 rings (SSSR count). The number of hydrogen-bond donors (Lipinski definition) is 2. The van der Waals surface area contributed by atoms with Gasteiger partial charge in [0.15, 0.2) is 11.5 Å². The van der Waals surface area contributed by atoms with Crippen molar-refractivity contribution in [2.24, 2.45) is 11.7 Å². The molecule has 0 spiro atoms. The summed E-state index contributed by atoms with van der Waals surface area (Å²) in [5, 5.41) is 0. The van der Waals surface area contributed by atoms with E-state index in [0.717, 1.165) is 35.0 Å². The Kier molecular flexibility index (Phi) is 3.84. The number of hydrogen-bond acceptors (Lipinski definition) is 4. The van der Waals surface area contributed by atoms with Gasteiger partial charge in [0, 0.05) is 18.0 Å². The van der Waals surface area contributed by atoms with Gasteiger partial charge in [0.25, 0.3) is 0 Å². The highest BCUT2D eigenvalue weighted by Gasteiger charge is 2.17. The Labute approximate surface area is 124 Å². The first-order valence-corrected chi connectivity index (χ1v) is 7.32. The molecule has 1 aromatic heterocycles. The fourth-order valence-electron chi connectivity index (χ4n) is 2.64. The molecule has 0 amide bonds. The van der Waals surface area contributed by atoms with Crippen LogP contribution in [0, 0.1) is 5.92 Å². The molecule has 0 radical (unpaired) electrons. The minimum absolute atomic E-state index is 0.271. The Balaban J connectivity index is 1.84. The molecule has 21 heavy (non-hydrogen) atoms. The van der Waals surface area contributed by atoms with Crippen molar-refractivity contribution in [3.63, 3.8) is 0 Å². The zero-order chi connectivity index (χ0) is 14.8. The average molecular weight is 287 g/mol. The Morgan fingerprint density at radius 3 is 2.86 bits per heavy atom. The van der Waals surface area contributed by atoms with Gasteiger partial charge in [0.2, 0.25) is 6.79 Å². The van der Waals surface area contributed by atoms with Gasteiger partial charge >= 0.3 is 0 Å². The molecule has 2 heterocycles. The summed E-state index contributed by atoms with van der Waals surface area (Å²) in [5.41, 5.74) is 7.90. The number of H-pyrrole nitrogens is 1. The van der Waals surface area contributed by atoms with E-state index in [1.807, 2.05) is 24.4 Å². The summed E-state index contributed by atoms with van der Waals surface area (Å²) in [6.45, 7) is 5.29. The zero-order valence-corrected chi connectivity index (χ0v) is 12.4. The van der Waals surface area contributed by atoms with Crippen molar-refractivity contribution in [1.29, 1.82) is 0 Å².